The number of rotatable bonds is 6. The van der Waals surface area contributed by atoms with E-state index in [4.69, 9.17) is 18.4 Å². The van der Waals surface area contributed by atoms with Gasteiger partial charge in [-0.2, -0.15) is 4.98 Å². The number of aromatic nitrogens is 3. The van der Waals surface area contributed by atoms with E-state index in [1.807, 2.05) is 50.3 Å². The van der Waals surface area contributed by atoms with Gasteiger partial charge >= 0.3 is 5.76 Å². The third-order valence-corrected chi connectivity index (χ3v) is 4.66. The molecule has 0 spiro atoms. The van der Waals surface area contributed by atoms with E-state index in [0.717, 1.165) is 11.1 Å². The van der Waals surface area contributed by atoms with Gasteiger partial charge in [-0.05, 0) is 55.8 Å². The molecular weight excluding hydrogens is 386 g/mol. The van der Waals surface area contributed by atoms with Gasteiger partial charge in [-0.15, -0.1) is 0 Å². The van der Waals surface area contributed by atoms with Crippen LogP contribution in [0.4, 0.5) is 0 Å². The first-order valence-corrected chi connectivity index (χ1v) is 9.39. The maximum absolute atomic E-state index is 12.1. The van der Waals surface area contributed by atoms with E-state index < -0.39 is 0 Å². The summed E-state index contributed by atoms with van der Waals surface area (Å²) in [6, 6.07) is 11.0. The smallest absolute Gasteiger partial charge is 0.420 e. The normalized spacial score (nSPS) is 11.6. The lowest BCUT2D eigenvalue weighted by molar-refractivity contribution is 0.355. The maximum atomic E-state index is 12.1. The topological polar surface area (TPSA) is 92.5 Å². The van der Waals surface area contributed by atoms with Crippen LogP contribution < -0.4 is 15.2 Å². The second-order valence-corrected chi connectivity index (χ2v) is 6.92. The molecule has 0 unspecified atom stereocenters. The summed E-state index contributed by atoms with van der Waals surface area (Å²) in [6.07, 6.45) is 3.55. The Balaban J connectivity index is 1.60. The van der Waals surface area contributed by atoms with Crippen LogP contribution in [-0.4, -0.2) is 28.9 Å². The number of hydrogen-bond acceptors (Lipinski definition) is 7. The van der Waals surface area contributed by atoms with Crippen molar-refractivity contribution in [2.45, 2.75) is 19.9 Å². The Morgan fingerprint density at radius 2 is 1.83 bits per heavy atom. The summed E-state index contributed by atoms with van der Waals surface area (Å²) in [5.41, 5.74) is 2.81. The van der Waals surface area contributed by atoms with Crippen molar-refractivity contribution in [1.29, 1.82) is 0 Å². The Morgan fingerprint density at radius 1 is 1.03 bits per heavy atom. The van der Waals surface area contributed by atoms with Crippen LogP contribution in [0.3, 0.4) is 0 Å². The van der Waals surface area contributed by atoms with Crippen molar-refractivity contribution in [2.75, 3.05) is 14.2 Å². The zero-order chi connectivity index (χ0) is 21.3. The molecule has 0 fully saturated rings. The van der Waals surface area contributed by atoms with Crippen LogP contribution in [0.1, 0.15) is 31.3 Å². The molecule has 154 valence electrons. The summed E-state index contributed by atoms with van der Waals surface area (Å²) < 4.78 is 22.8. The first kappa shape index (κ1) is 19.5. The Morgan fingerprint density at radius 3 is 2.57 bits per heavy atom. The van der Waals surface area contributed by atoms with Gasteiger partial charge in [-0.1, -0.05) is 11.2 Å². The van der Waals surface area contributed by atoms with E-state index in [-0.39, 0.29) is 11.8 Å². The average Bonchev–Trinajstić information content (AvgIpc) is 3.34. The molecule has 0 amide bonds. The van der Waals surface area contributed by atoms with Crippen molar-refractivity contribution in [1.82, 2.24) is 14.7 Å². The van der Waals surface area contributed by atoms with Crippen LogP contribution in [0.2, 0.25) is 0 Å². The summed E-state index contributed by atoms with van der Waals surface area (Å²) in [7, 11) is 3.18. The molecule has 2 heterocycles. The van der Waals surface area contributed by atoms with Gasteiger partial charge < -0.3 is 18.4 Å². The third kappa shape index (κ3) is 3.59. The Bertz CT molecular complexity index is 1280. The fraction of sp³-hybridized carbons (Fsp3) is 0.227. The molecule has 4 aromatic rings. The van der Waals surface area contributed by atoms with Gasteiger partial charge in [-0.25, -0.2) is 4.79 Å². The highest BCUT2D eigenvalue weighted by molar-refractivity contribution is 5.79. The van der Waals surface area contributed by atoms with Gasteiger partial charge in [0.05, 0.1) is 19.7 Å². The number of oxazole rings is 1. The Hall–Kier alpha value is -3.81. The fourth-order valence-electron chi connectivity index (χ4n) is 3.21. The van der Waals surface area contributed by atoms with Crippen LogP contribution >= 0.6 is 0 Å². The summed E-state index contributed by atoms with van der Waals surface area (Å²) in [5, 5.41) is 4.02. The summed E-state index contributed by atoms with van der Waals surface area (Å²) in [6.45, 7) is 3.86. The number of methoxy groups -OCH3 is 2. The van der Waals surface area contributed by atoms with Gasteiger partial charge in [0.2, 0.25) is 5.82 Å². The molecule has 0 radical (unpaired) electrons. The zero-order valence-electron chi connectivity index (χ0n) is 17.1. The molecule has 0 atom stereocenters. The Kier molecular flexibility index (Phi) is 5.14. The standard InChI is InChI=1S/C22H21N3O5/c1-13(2)25-16-8-7-15(12-18(16)29-22(25)26)21-23-20(30-24-21)10-6-14-5-9-17(27-3)19(11-14)28-4/h5-13H,1-4H3. The molecule has 0 aliphatic rings. The van der Waals surface area contributed by atoms with Crippen LogP contribution in [0, 0.1) is 0 Å². The van der Waals surface area contributed by atoms with E-state index in [0.29, 0.717) is 34.4 Å². The van der Waals surface area contributed by atoms with Gasteiger partial charge in [0, 0.05) is 17.7 Å². The maximum Gasteiger partial charge on any atom is 0.420 e. The van der Waals surface area contributed by atoms with Gasteiger partial charge in [0.1, 0.15) is 0 Å². The first-order chi connectivity index (χ1) is 14.5. The summed E-state index contributed by atoms with van der Waals surface area (Å²) in [4.78, 5) is 16.5. The van der Waals surface area contributed by atoms with Gasteiger partial charge in [0.15, 0.2) is 17.1 Å². The number of benzene rings is 2. The molecule has 0 N–H and O–H groups in total. The SMILES string of the molecule is COc1ccc(C=Cc2nc(-c3ccc4c(c3)oc(=O)n4C(C)C)no2)cc1OC. The lowest BCUT2D eigenvalue weighted by Crippen LogP contribution is -2.15. The third-order valence-electron chi connectivity index (χ3n) is 4.66. The highest BCUT2D eigenvalue weighted by atomic mass is 16.5. The van der Waals surface area contributed by atoms with Gasteiger partial charge in [-0.3, -0.25) is 4.57 Å². The zero-order valence-corrected chi connectivity index (χ0v) is 17.1. The lowest BCUT2D eigenvalue weighted by atomic mass is 10.2. The van der Waals surface area contributed by atoms with Crippen LogP contribution in [0.15, 0.2) is 50.1 Å². The minimum Gasteiger partial charge on any atom is -0.493 e. The summed E-state index contributed by atoms with van der Waals surface area (Å²) in [5.74, 6) is 1.66. The second kappa shape index (κ2) is 7.90. The number of fused-ring (bicyclic) bond motifs is 1. The monoisotopic (exact) mass is 407 g/mol. The van der Waals surface area contributed by atoms with Crippen molar-refractivity contribution >= 4 is 23.3 Å². The van der Waals surface area contributed by atoms with Crippen molar-refractivity contribution < 1.29 is 18.4 Å². The van der Waals surface area contributed by atoms with E-state index in [1.165, 1.54) is 0 Å². The molecule has 8 heteroatoms. The minimum atomic E-state index is -0.385. The molecule has 0 saturated heterocycles. The molecule has 0 aliphatic heterocycles. The molecule has 0 bridgehead atoms. The van der Waals surface area contributed by atoms with Crippen LogP contribution in [0.25, 0.3) is 34.6 Å². The predicted octanol–water partition coefficient (Wildman–Crippen LogP) is 4.41. The van der Waals surface area contributed by atoms with Crippen LogP contribution in [-0.2, 0) is 0 Å². The number of hydrogen-bond donors (Lipinski definition) is 0. The molecule has 30 heavy (non-hydrogen) atoms. The number of nitrogens with zero attached hydrogens (tertiary/aromatic N) is 3. The largest absolute Gasteiger partial charge is 0.493 e. The van der Waals surface area contributed by atoms with E-state index in [9.17, 15) is 4.79 Å². The molecule has 2 aromatic heterocycles. The molecule has 2 aromatic carbocycles. The molecular formula is C22H21N3O5. The molecule has 4 rings (SSSR count). The van der Waals surface area contributed by atoms with Crippen LogP contribution in [0.5, 0.6) is 11.5 Å². The second-order valence-electron chi connectivity index (χ2n) is 6.92. The van der Waals surface area contributed by atoms with Crippen molar-refractivity contribution in [2.24, 2.45) is 0 Å². The summed E-state index contributed by atoms with van der Waals surface area (Å²) >= 11 is 0. The minimum absolute atomic E-state index is 0.00286. The lowest BCUT2D eigenvalue weighted by Gasteiger charge is -2.07. The predicted molar refractivity (Wildman–Crippen MR) is 113 cm³/mol. The molecule has 8 nitrogen and oxygen atoms in total. The first-order valence-electron chi connectivity index (χ1n) is 9.39. The quantitative estimate of drug-likeness (QED) is 0.467. The van der Waals surface area contributed by atoms with Crippen molar-refractivity contribution in [3.8, 4) is 22.9 Å². The van der Waals surface area contributed by atoms with Crippen molar-refractivity contribution in [3.63, 3.8) is 0 Å². The Labute approximate surface area is 172 Å². The van der Waals surface area contributed by atoms with Gasteiger partial charge in [0.25, 0.3) is 5.89 Å². The molecule has 0 saturated carbocycles. The highest BCUT2D eigenvalue weighted by Crippen LogP contribution is 2.28. The highest BCUT2D eigenvalue weighted by Gasteiger charge is 2.14. The van der Waals surface area contributed by atoms with E-state index >= 15 is 0 Å². The average molecular weight is 407 g/mol. The van der Waals surface area contributed by atoms with E-state index in [1.54, 1.807) is 30.9 Å². The molecule has 0 aliphatic carbocycles. The fourth-order valence-corrected chi connectivity index (χ4v) is 3.21. The number of ether oxygens (including phenoxy) is 2. The van der Waals surface area contributed by atoms with Crippen molar-refractivity contribution in [3.05, 3.63) is 58.4 Å². The van der Waals surface area contributed by atoms with E-state index in [2.05, 4.69) is 10.1 Å².